The summed E-state index contributed by atoms with van der Waals surface area (Å²) in [5, 5.41) is 18.4. The first-order valence-corrected chi connectivity index (χ1v) is 6.26. The van der Waals surface area contributed by atoms with E-state index in [0.29, 0.717) is 6.42 Å². The van der Waals surface area contributed by atoms with Crippen molar-refractivity contribution in [2.45, 2.75) is 57.6 Å². The highest BCUT2D eigenvalue weighted by atomic mass is 16.4. The van der Waals surface area contributed by atoms with Gasteiger partial charge in [-0.1, -0.05) is 26.2 Å². The fraction of sp³-hybridized carbons (Fsp3) is 0.833. The van der Waals surface area contributed by atoms with E-state index in [2.05, 4.69) is 6.92 Å². The summed E-state index contributed by atoms with van der Waals surface area (Å²) in [7, 11) is 0. The molecule has 0 radical (unpaired) electrons. The molecule has 17 heavy (non-hydrogen) atoms. The van der Waals surface area contributed by atoms with Crippen molar-refractivity contribution >= 4 is 11.9 Å². The molecule has 1 rings (SSSR count). The number of carboxylic acids is 1. The Morgan fingerprint density at radius 1 is 1.29 bits per heavy atom. The lowest BCUT2D eigenvalue weighted by Gasteiger charge is -2.21. The van der Waals surface area contributed by atoms with E-state index in [1.54, 1.807) is 0 Å². The van der Waals surface area contributed by atoms with Gasteiger partial charge in [-0.25, -0.2) is 4.79 Å². The van der Waals surface area contributed by atoms with Gasteiger partial charge in [0.05, 0.1) is 6.10 Å². The minimum absolute atomic E-state index is 0.148. The molecule has 0 aromatic carbocycles. The molecule has 1 amide bonds. The molecule has 1 aliphatic rings. The summed E-state index contributed by atoms with van der Waals surface area (Å²) in [5.74, 6) is -1.17. The molecule has 0 aliphatic carbocycles. The van der Waals surface area contributed by atoms with E-state index in [4.69, 9.17) is 5.11 Å². The Kier molecular flexibility index (Phi) is 5.41. The molecular weight excluding hydrogens is 222 g/mol. The van der Waals surface area contributed by atoms with E-state index in [9.17, 15) is 14.7 Å². The predicted octanol–water partition coefficient (Wildman–Crippen LogP) is 1.00. The number of unbranched alkanes of at least 4 members (excludes halogenated alkanes) is 3. The monoisotopic (exact) mass is 243 g/mol. The number of amides is 1. The zero-order valence-corrected chi connectivity index (χ0v) is 10.3. The molecule has 0 aromatic rings. The molecule has 0 unspecified atom stereocenters. The van der Waals surface area contributed by atoms with Crippen LogP contribution in [0.3, 0.4) is 0 Å². The van der Waals surface area contributed by atoms with E-state index in [1.807, 2.05) is 0 Å². The van der Waals surface area contributed by atoms with Gasteiger partial charge in [-0.15, -0.1) is 0 Å². The summed E-state index contributed by atoms with van der Waals surface area (Å²) in [6.07, 6.45) is 3.83. The number of hydrogen-bond donors (Lipinski definition) is 2. The van der Waals surface area contributed by atoms with Gasteiger partial charge in [0.25, 0.3) is 0 Å². The number of carboxylic acid groups (broad SMARTS) is 1. The minimum Gasteiger partial charge on any atom is -0.480 e. The molecule has 1 aliphatic heterocycles. The van der Waals surface area contributed by atoms with Crippen LogP contribution in [0.15, 0.2) is 0 Å². The van der Waals surface area contributed by atoms with E-state index in [1.165, 1.54) is 4.90 Å². The predicted molar refractivity (Wildman–Crippen MR) is 62.5 cm³/mol. The molecule has 5 heteroatoms. The van der Waals surface area contributed by atoms with Crippen LogP contribution in [-0.4, -0.2) is 45.7 Å². The van der Waals surface area contributed by atoms with E-state index in [-0.39, 0.29) is 18.9 Å². The first-order chi connectivity index (χ1) is 8.06. The summed E-state index contributed by atoms with van der Waals surface area (Å²) in [6, 6.07) is -0.844. The van der Waals surface area contributed by atoms with Crippen molar-refractivity contribution in [3.05, 3.63) is 0 Å². The molecular formula is C12H21NO4. The van der Waals surface area contributed by atoms with Crippen LogP contribution < -0.4 is 0 Å². The van der Waals surface area contributed by atoms with Crippen molar-refractivity contribution in [1.82, 2.24) is 4.90 Å². The number of hydrogen-bond acceptors (Lipinski definition) is 3. The molecule has 0 bridgehead atoms. The summed E-state index contributed by atoms with van der Waals surface area (Å²) < 4.78 is 0. The Morgan fingerprint density at radius 2 is 2.00 bits per heavy atom. The summed E-state index contributed by atoms with van der Waals surface area (Å²) in [5.41, 5.74) is 0. The Labute approximate surface area is 101 Å². The third-order valence-corrected chi connectivity index (χ3v) is 3.13. The molecule has 98 valence electrons. The van der Waals surface area contributed by atoms with Crippen LogP contribution in [0.25, 0.3) is 0 Å². The second-order valence-corrected chi connectivity index (χ2v) is 4.60. The van der Waals surface area contributed by atoms with Crippen LogP contribution in [0.4, 0.5) is 0 Å². The number of rotatable bonds is 6. The fourth-order valence-electron chi connectivity index (χ4n) is 2.17. The molecule has 0 aromatic heterocycles. The average Bonchev–Trinajstić information content (AvgIpc) is 2.66. The van der Waals surface area contributed by atoms with Crippen LogP contribution in [-0.2, 0) is 9.59 Å². The van der Waals surface area contributed by atoms with Gasteiger partial charge in [-0.2, -0.15) is 0 Å². The summed E-state index contributed by atoms with van der Waals surface area (Å²) in [6.45, 7) is 2.25. The fourth-order valence-corrected chi connectivity index (χ4v) is 2.17. The van der Waals surface area contributed by atoms with Gasteiger partial charge in [-0.05, 0) is 6.42 Å². The van der Waals surface area contributed by atoms with Gasteiger partial charge in [0, 0.05) is 19.4 Å². The number of aliphatic hydroxyl groups is 1. The normalized spacial score (nSPS) is 24.0. The number of carbonyl (C=O) groups excluding carboxylic acids is 1. The van der Waals surface area contributed by atoms with Gasteiger partial charge >= 0.3 is 5.97 Å². The van der Waals surface area contributed by atoms with Crippen LogP contribution in [0.2, 0.25) is 0 Å². The van der Waals surface area contributed by atoms with Crippen molar-refractivity contribution in [1.29, 1.82) is 0 Å². The second-order valence-electron chi connectivity index (χ2n) is 4.60. The van der Waals surface area contributed by atoms with Crippen LogP contribution >= 0.6 is 0 Å². The molecule has 1 heterocycles. The van der Waals surface area contributed by atoms with Gasteiger partial charge in [-0.3, -0.25) is 4.79 Å². The lowest BCUT2D eigenvalue weighted by atomic mass is 10.1. The highest BCUT2D eigenvalue weighted by Gasteiger charge is 2.38. The van der Waals surface area contributed by atoms with E-state index in [0.717, 1.165) is 25.7 Å². The highest BCUT2D eigenvalue weighted by Crippen LogP contribution is 2.20. The SMILES string of the molecule is CCCCCCC(=O)N1C[C@@H](O)C[C@H]1C(=O)O. The molecule has 0 spiro atoms. The molecule has 0 saturated carbocycles. The van der Waals surface area contributed by atoms with Gasteiger partial charge in [0.1, 0.15) is 6.04 Å². The summed E-state index contributed by atoms with van der Waals surface area (Å²) in [4.78, 5) is 24.1. The first kappa shape index (κ1) is 14.0. The maximum atomic E-state index is 11.8. The molecule has 1 saturated heterocycles. The standard InChI is InChI=1S/C12H21NO4/c1-2-3-4-5-6-11(15)13-8-9(14)7-10(13)12(16)17/h9-10,14H,2-8H2,1H3,(H,16,17)/t9-,10-/m0/s1. The van der Waals surface area contributed by atoms with E-state index >= 15 is 0 Å². The quantitative estimate of drug-likeness (QED) is 0.682. The number of likely N-dealkylation sites (tertiary alicyclic amines) is 1. The third-order valence-electron chi connectivity index (χ3n) is 3.13. The smallest absolute Gasteiger partial charge is 0.326 e. The van der Waals surface area contributed by atoms with Crippen LogP contribution in [0.1, 0.15) is 45.4 Å². The second kappa shape index (κ2) is 6.59. The molecule has 2 atom stereocenters. The number of carbonyl (C=O) groups is 2. The first-order valence-electron chi connectivity index (χ1n) is 6.26. The van der Waals surface area contributed by atoms with E-state index < -0.39 is 18.1 Å². The van der Waals surface area contributed by atoms with Crippen molar-refractivity contribution in [2.24, 2.45) is 0 Å². The molecule has 2 N–H and O–H groups in total. The lowest BCUT2D eigenvalue weighted by molar-refractivity contribution is -0.148. The van der Waals surface area contributed by atoms with Gasteiger partial charge in [0.15, 0.2) is 0 Å². The van der Waals surface area contributed by atoms with Crippen molar-refractivity contribution in [2.75, 3.05) is 6.54 Å². The Balaban J connectivity index is 2.41. The van der Waals surface area contributed by atoms with Gasteiger partial charge in [0.2, 0.25) is 5.91 Å². The van der Waals surface area contributed by atoms with Crippen molar-refractivity contribution in [3.63, 3.8) is 0 Å². The number of nitrogens with zero attached hydrogens (tertiary/aromatic N) is 1. The Bertz CT molecular complexity index is 280. The van der Waals surface area contributed by atoms with Crippen molar-refractivity contribution in [3.8, 4) is 0 Å². The minimum atomic E-state index is -1.02. The Hall–Kier alpha value is -1.10. The average molecular weight is 243 g/mol. The van der Waals surface area contributed by atoms with Crippen LogP contribution in [0.5, 0.6) is 0 Å². The topological polar surface area (TPSA) is 77.8 Å². The zero-order valence-electron chi connectivity index (χ0n) is 10.3. The molecule has 5 nitrogen and oxygen atoms in total. The van der Waals surface area contributed by atoms with Crippen molar-refractivity contribution < 1.29 is 19.8 Å². The maximum Gasteiger partial charge on any atom is 0.326 e. The third kappa shape index (κ3) is 4.00. The van der Waals surface area contributed by atoms with Gasteiger partial charge < -0.3 is 15.1 Å². The number of aliphatic carboxylic acids is 1. The number of β-amino-alcohol motifs (C(OH)–C–C–N with tert-alkyl or cyclic N) is 1. The lowest BCUT2D eigenvalue weighted by Crippen LogP contribution is -2.40. The summed E-state index contributed by atoms with van der Waals surface area (Å²) >= 11 is 0. The highest BCUT2D eigenvalue weighted by molar-refractivity contribution is 5.84. The largest absolute Gasteiger partial charge is 0.480 e. The maximum absolute atomic E-state index is 11.8. The Morgan fingerprint density at radius 3 is 2.59 bits per heavy atom. The van der Waals surface area contributed by atoms with Crippen LogP contribution in [0, 0.1) is 0 Å². The molecule has 1 fully saturated rings. The zero-order chi connectivity index (χ0) is 12.8. The number of aliphatic hydroxyl groups excluding tert-OH is 1.